The molecular weight excluding hydrogens is 276 g/mol. The van der Waals surface area contributed by atoms with E-state index in [0.717, 1.165) is 11.1 Å². The van der Waals surface area contributed by atoms with Crippen LogP contribution in [-0.2, 0) is 16.1 Å². The standard InChI is InChI=1S/C14H16N2O3S/c1-4-10(14(18)19-3)5-6-16-8-15-11-9(2)7-20-12(11)13(16)17/h5,7-8H,4,6H2,1-3H3. The van der Waals surface area contributed by atoms with Gasteiger partial charge in [-0.1, -0.05) is 13.0 Å². The number of aryl methyl sites for hydroxylation is 1. The van der Waals surface area contributed by atoms with E-state index in [1.165, 1.54) is 29.3 Å². The molecule has 0 radical (unpaired) electrons. The molecule has 0 fully saturated rings. The van der Waals surface area contributed by atoms with E-state index in [9.17, 15) is 9.59 Å². The maximum atomic E-state index is 12.3. The molecular formula is C14H16N2O3S. The van der Waals surface area contributed by atoms with Crippen molar-refractivity contribution < 1.29 is 9.53 Å². The number of hydrogen-bond donors (Lipinski definition) is 0. The highest BCUT2D eigenvalue weighted by Crippen LogP contribution is 2.19. The molecule has 0 bridgehead atoms. The van der Waals surface area contributed by atoms with Crippen LogP contribution in [0.25, 0.3) is 10.2 Å². The number of esters is 1. The van der Waals surface area contributed by atoms with Crippen molar-refractivity contribution in [2.45, 2.75) is 26.8 Å². The molecule has 6 heteroatoms. The van der Waals surface area contributed by atoms with Crippen molar-refractivity contribution in [3.8, 4) is 0 Å². The lowest BCUT2D eigenvalue weighted by atomic mass is 10.2. The fourth-order valence-electron chi connectivity index (χ4n) is 1.90. The zero-order valence-electron chi connectivity index (χ0n) is 11.7. The second kappa shape index (κ2) is 6.00. The van der Waals surface area contributed by atoms with E-state index in [2.05, 4.69) is 9.72 Å². The molecule has 0 saturated carbocycles. The van der Waals surface area contributed by atoms with Crippen LogP contribution in [0.2, 0.25) is 0 Å². The summed E-state index contributed by atoms with van der Waals surface area (Å²) in [6, 6.07) is 0. The van der Waals surface area contributed by atoms with E-state index in [4.69, 9.17) is 0 Å². The minimum Gasteiger partial charge on any atom is -0.466 e. The molecule has 2 aromatic rings. The SMILES string of the molecule is CCC(=CCn1cnc2c(C)csc2c1=O)C(=O)OC. The summed E-state index contributed by atoms with van der Waals surface area (Å²) in [6.07, 6.45) is 3.79. The summed E-state index contributed by atoms with van der Waals surface area (Å²) >= 11 is 1.40. The number of allylic oxidation sites excluding steroid dienone is 1. The Morgan fingerprint density at radius 2 is 2.30 bits per heavy atom. The molecule has 2 heterocycles. The number of rotatable bonds is 4. The first kappa shape index (κ1) is 14.5. The molecule has 0 N–H and O–H groups in total. The number of carbonyl (C=O) groups is 1. The van der Waals surface area contributed by atoms with Gasteiger partial charge in [0.15, 0.2) is 0 Å². The lowest BCUT2D eigenvalue weighted by molar-refractivity contribution is -0.136. The Hall–Kier alpha value is -1.95. The molecule has 106 valence electrons. The lowest BCUT2D eigenvalue weighted by Crippen LogP contribution is -2.19. The van der Waals surface area contributed by atoms with Crippen molar-refractivity contribution in [1.29, 1.82) is 0 Å². The van der Waals surface area contributed by atoms with Gasteiger partial charge in [0.1, 0.15) is 4.70 Å². The highest BCUT2D eigenvalue weighted by atomic mass is 32.1. The van der Waals surface area contributed by atoms with E-state index in [1.807, 2.05) is 19.2 Å². The van der Waals surface area contributed by atoms with Crippen LogP contribution in [0.3, 0.4) is 0 Å². The number of nitrogens with zero attached hydrogens (tertiary/aromatic N) is 2. The van der Waals surface area contributed by atoms with Gasteiger partial charge < -0.3 is 4.74 Å². The lowest BCUT2D eigenvalue weighted by Gasteiger charge is -2.04. The van der Waals surface area contributed by atoms with E-state index >= 15 is 0 Å². The average molecular weight is 292 g/mol. The molecule has 0 aliphatic carbocycles. The van der Waals surface area contributed by atoms with Crippen molar-refractivity contribution in [3.63, 3.8) is 0 Å². The molecule has 0 saturated heterocycles. The summed E-state index contributed by atoms with van der Waals surface area (Å²) in [6.45, 7) is 4.12. The van der Waals surface area contributed by atoms with Gasteiger partial charge in [0, 0.05) is 12.1 Å². The van der Waals surface area contributed by atoms with E-state index in [-0.39, 0.29) is 11.5 Å². The molecule has 0 unspecified atom stereocenters. The number of aromatic nitrogens is 2. The zero-order chi connectivity index (χ0) is 14.7. The van der Waals surface area contributed by atoms with E-state index in [0.29, 0.717) is 23.2 Å². The van der Waals surface area contributed by atoms with Crippen LogP contribution in [0.5, 0.6) is 0 Å². The number of fused-ring (bicyclic) bond motifs is 1. The Kier molecular flexibility index (Phi) is 4.34. The van der Waals surface area contributed by atoms with Crippen LogP contribution in [0.4, 0.5) is 0 Å². The predicted octanol–water partition coefficient (Wildman–Crippen LogP) is 2.28. The number of carbonyl (C=O) groups excluding carboxylic acids is 1. The number of ether oxygens (including phenoxy) is 1. The first-order valence-corrected chi connectivity index (χ1v) is 7.17. The summed E-state index contributed by atoms with van der Waals surface area (Å²) in [7, 11) is 1.35. The molecule has 0 aliphatic heterocycles. The predicted molar refractivity (Wildman–Crippen MR) is 79.0 cm³/mol. The fourth-order valence-corrected chi connectivity index (χ4v) is 2.85. The van der Waals surface area contributed by atoms with Gasteiger partial charge in [-0.25, -0.2) is 9.78 Å². The highest BCUT2D eigenvalue weighted by Gasteiger charge is 2.09. The van der Waals surface area contributed by atoms with Gasteiger partial charge in [-0.3, -0.25) is 9.36 Å². The van der Waals surface area contributed by atoms with Crippen molar-refractivity contribution >= 4 is 27.5 Å². The van der Waals surface area contributed by atoms with Crippen molar-refractivity contribution in [1.82, 2.24) is 9.55 Å². The molecule has 5 nitrogen and oxygen atoms in total. The summed E-state index contributed by atoms with van der Waals surface area (Å²) in [5.41, 5.74) is 2.24. The molecule has 0 amide bonds. The Balaban J connectivity index is 2.35. The highest BCUT2D eigenvalue weighted by molar-refractivity contribution is 7.17. The number of methoxy groups -OCH3 is 1. The van der Waals surface area contributed by atoms with Crippen molar-refractivity contribution in [2.24, 2.45) is 0 Å². The summed E-state index contributed by atoms with van der Waals surface area (Å²) in [5.74, 6) is -0.360. The second-order valence-electron chi connectivity index (χ2n) is 4.37. The minimum absolute atomic E-state index is 0.0790. The van der Waals surface area contributed by atoms with E-state index < -0.39 is 0 Å². The third-order valence-electron chi connectivity index (χ3n) is 3.09. The smallest absolute Gasteiger partial charge is 0.333 e. The van der Waals surface area contributed by atoms with Crippen LogP contribution < -0.4 is 5.56 Å². The topological polar surface area (TPSA) is 61.2 Å². The maximum absolute atomic E-state index is 12.3. The summed E-state index contributed by atoms with van der Waals surface area (Å²) in [4.78, 5) is 28.0. The third-order valence-corrected chi connectivity index (χ3v) is 4.16. The monoisotopic (exact) mass is 292 g/mol. The molecule has 0 aromatic carbocycles. The molecule has 2 aromatic heterocycles. The third kappa shape index (κ3) is 2.65. The largest absolute Gasteiger partial charge is 0.466 e. The zero-order valence-corrected chi connectivity index (χ0v) is 12.5. The van der Waals surface area contributed by atoms with E-state index in [1.54, 1.807) is 6.08 Å². The average Bonchev–Trinajstić information content (AvgIpc) is 2.83. The van der Waals surface area contributed by atoms with Gasteiger partial charge in [0.05, 0.1) is 19.0 Å². The van der Waals surface area contributed by atoms with Crippen LogP contribution in [0, 0.1) is 6.92 Å². The van der Waals surface area contributed by atoms with Gasteiger partial charge in [-0.05, 0) is 24.3 Å². The van der Waals surface area contributed by atoms with Crippen LogP contribution in [0.15, 0.2) is 28.2 Å². The summed E-state index contributed by atoms with van der Waals surface area (Å²) < 4.78 is 6.83. The molecule has 0 spiro atoms. The van der Waals surface area contributed by atoms with Crippen molar-refractivity contribution in [2.75, 3.05) is 7.11 Å². The van der Waals surface area contributed by atoms with Crippen molar-refractivity contribution in [3.05, 3.63) is 39.3 Å². The minimum atomic E-state index is -0.360. The van der Waals surface area contributed by atoms with Gasteiger partial charge in [0.2, 0.25) is 0 Å². The molecule has 0 aliphatic rings. The maximum Gasteiger partial charge on any atom is 0.333 e. The second-order valence-corrected chi connectivity index (χ2v) is 5.25. The van der Waals surface area contributed by atoms with Gasteiger partial charge in [-0.2, -0.15) is 0 Å². The molecule has 2 rings (SSSR count). The first-order chi connectivity index (χ1) is 9.58. The van der Waals surface area contributed by atoms with Crippen LogP contribution >= 0.6 is 11.3 Å². The molecule has 0 atom stereocenters. The Labute approximate surface area is 120 Å². The Morgan fingerprint density at radius 3 is 2.95 bits per heavy atom. The molecule has 20 heavy (non-hydrogen) atoms. The normalized spacial score (nSPS) is 11.8. The summed E-state index contributed by atoms with van der Waals surface area (Å²) in [5, 5.41) is 1.92. The van der Waals surface area contributed by atoms with Gasteiger partial charge >= 0.3 is 5.97 Å². The number of thiophene rings is 1. The van der Waals surface area contributed by atoms with Crippen LogP contribution in [0.1, 0.15) is 18.9 Å². The fraction of sp³-hybridized carbons (Fsp3) is 0.357. The first-order valence-electron chi connectivity index (χ1n) is 6.29. The van der Waals surface area contributed by atoms with Gasteiger partial charge in [0.25, 0.3) is 5.56 Å². The Morgan fingerprint density at radius 1 is 1.55 bits per heavy atom. The van der Waals surface area contributed by atoms with Gasteiger partial charge in [-0.15, -0.1) is 11.3 Å². The quantitative estimate of drug-likeness (QED) is 0.640. The Bertz CT molecular complexity index is 728. The number of hydrogen-bond acceptors (Lipinski definition) is 5. The van der Waals surface area contributed by atoms with Crippen LogP contribution in [-0.4, -0.2) is 22.6 Å².